The number of methoxy groups -OCH3 is 1. The van der Waals surface area contributed by atoms with Crippen LogP contribution >= 0.6 is 27.7 Å². The van der Waals surface area contributed by atoms with Gasteiger partial charge >= 0.3 is 10.1 Å². The molecule has 1 heterocycles. The maximum Gasteiger partial charge on any atom is 0.339 e. The fraction of sp³-hybridized carbons (Fsp3) is 0.111. The second kappa shape index (κ2) is 12.6. The third-order valence-electron chi connectivity index (χ3n) is 5.44. The summed E-state index contributed by atoms with van der Waals surface area (Å²) in [6.07, 6.45) is 1.42. The summed E-state index contributed by atoms with van der Waals surface area (Å²) in [5.74, 6) is -1.59. The summed E-state index contributed by atoms with van der Waals surface area (Å²) in [5, 5.41) is 4.57. The van der Waals surface area contributed by atoms with Crippen LogP contribution in [0.2, 0.25) is 0 Å². The van der Waals surface area contributed by atoms with Crippen molar-refractivity contribution in [3.8, 4) is 11.5 Å². The number of halogens is 1. The van der Waals surface area contributed by atoms with Crippen LogP contribution in [-0.4, -0.2) is 49.9 Å². The van der Waals surface area contributed by atoms with Gasteiger partial charge in [0.25, 0.3) is 11.1 Å². The van der Waals surface area contributed by atoms with Gasteiger partial charge in [-0.1, -0.05) is 18.2 Å². The van der Waals surface area contributed by atoms with E-state index >= 15 is 0 Å². The average molecular weight is 661 g/mol. The number of nitrogens with zero attached hydrogens (tertiary/aromatic N) is 1. The Bertz CT molecular complexity index is 1660. The molecular weight excluding hydrogens is 638 g/mol. The standard InChI is InChI=1S/C27H22BrN3O8S2/c1-16(32)29-19-8-10-20(11-9-19)41(36,37)39-25-21(28)12-17(13-22(25)38-2)14-23-26(34)31(27(35)40-23)15-24(33)30-18-6-4-3-5-7-18/h3-14H,15H2,1-2H3,(H,29,32)(H,30,33)/b23-14-. The van der Waals surface area contributed by atoms with Crippen molar-refractivity contribution >= 4 is 78.2 Å². The Kier molecular flexibility index (Phi) is 9.15. The van der Waals surface area contributed by atoms with Crippen LogP contribution in [0.5, 0.6) is 11.5 Å². The second-order valence-corrected chi connectivity index (χ2v) is 11.9. The summed E-state index contributed by atoms with van der Waals surface area (Å²) in [5.41, 5.74) is 1.35. The Morgan fingerprint density at radius 3 is 2.29 bits per heavy atom. The molecule has 0 saturated carbocycles. The van der Waals surface area contributed by atoms with Gasteiger partial charge in [-0.15, -0.1) is 0 Å². The number of thioether (sulfide) groups is 1. The van der Waals surface area contributed by atoms with Gasteiger partial charge in [-0.05, 0) is 87.9 Å². The molecule has 0 aliphatic carbocycles. The highest BCUT2D eigenvalue weighted by Gasteiger charge is 2.36. The van der Waals surface area contributed by atoms with Gasteiger partial charge in [-0.25, -0.2) is 0 Å². The van der Waals surface area contributed by atoms with Crippen molar-refractivity contribution in [1.29, 1.82) is 0 Å². The molecule has 0 radical (unpaired) electrons. The van der Waals surface area contributed by atoms with E-state index in [1.165, 1.54) is 56.5 Å². The quantitative estimate of drug-likeness (QED) is 0.243. The number of rotatable bonds is 9. The first-order valence-electron chi connectivity index (χ1n) is 11.8. The van der Waals surface area contributed by atoms with Crippen molar-refractivity contribution in [2.24, 2.45) is 0 Å². The molecule has 0 unspecified atom stereocenters. The van der Waals surface area contributed by atoms with E-state index in [9.17, 15) is 27.6 Å². The van der Waals surface area contributed by atoms with E-state index in [4.69, 9.17) is 8.92 Å². The van der Waals surface area contributed by atoms with Crippen molar-refractivity contribution in [2.45, 2.75) is 11.8 Å². The molecule has 11 nitrogen and oxygen atoms in total. The summed E-state index contributed by atoms with van der Waals surface area (Å²) in [6, 6.07) is 17.0. The fourth-order valence-electron chi connectivity index (χ4n) is 3.62. The molecule has 3 aromatic rings. The van der Waals surface area contributed by atoms with Crippen LogP contribution in [-0.2, 0) is 24.5 Å². The number of para-hydroxylation sites is 1. The van der Waals surface area contributed by atoms with Gasteiger partial charge in [-0.2, -0.15) is 8.42 Å². The summed E-state index contributed by atoms with van der Waals surface area (Å²) >= 11 is 3.96. The van der Waals surface area contributed by atoms with Crippen LogP contribution in [0.4, 0.5) is 16.2 Å². The first-order valence-corrected chi connectivity index (χ1v) is 14.8. The van der Waals surface area contributed by atoms with E-state index in [0.717, 1.165) is 4.90 Å². The SMILES string of the molecule is COc1cc(/C=C2\SC(=O)N(CC(=O)Nc3ccccc3)C2=O)cc(Br)c1OS(=O)(=O)c1ccc(NC(C)=O)cc1. The summed E-state index contributed by atoms with van der Waals surface area (Å²) in [7, 11) is -2.98. The molecule has 1 fully saturated rings. The van der Waals surface area contributed by atoms with Crippen molar-refractivity contribution < 1.29 is 36.5 Å². The van der Waals surface area contributed by atoms with Gasteiger partial charge < -0.3 is 19.6 Å². The highest BCUT2D eigenvalue weighted by atomic mass is 79.9. The Labute approximate surface area is 248 Å². The predicted molar refractivity (Wildman–Crippen MR) is 157 cm³/mol. The number of anilines is 2. The molecule has 0 atom stereocenters. The lowest BCUT2D eigenvalue weighted by Crippen LogP contribution is -2.36. The zero-order valence-electron chi connectivity index (χ0n) is 21.5. The molecule has 0 bridgehead atoms. The zero-order chi connectivity index (χ0) is 29.7. The highest BCUT2D eigenvalue weighted by Crippen LogP contribution is 2.40. The van der Waals surface area contributed by atoms with E-state index in [-0.39, 0.29) is 31.7 Å². The van der Waals surface area contributed by atoms with Crippen molar-refractivity contribution in [2.75, 3.05) is 24.3 Å². The second-order valence-electron chi connectivity index (χ2n) is 8.46. The molecule has 3 aromatic carbocycles. The molecule has 2 N–H and O–H groups in total. The Morgan fingerprint density at radius 1 is 1.00 bits per heavy atom. The predicted octanol–water partition coefficient (Wildman–Crippen LogP) is 4.86. The van der Waals surface area contributed by atoms with Gasteiger partial charge in [0.2, 0.25) is 11.8 Å². The normalized spacial score (nSPS) is 14.2. The summed E-state index contributed by atoms with van der Waals surface area (Å²) in [6.45, 7) is 0.873. The molecule has 0 spiro atoms. The van der Waals surface area contributed by atoms with Crippen LogP contribution in [0.15, 0.2) is 81.0 Å². The van der Waals surface area contributed by atoms with Gasteiger partial charge in [0.15, 0.2) is 11.5 Å². The number of carbonyl (C=O) groups excluding carboxylic acids is 4. The smallest absolute Gasteiger partial charge is 0.339 e. The van der Waals surface area contributed by atoms with E-state index in [2.05, 4.69) is 26.6 Å². The Morgan fingerprint density at radius 2 is 1.66 bits per heavy atom. The number of nitrogens with one attached hydrogen (secondary N) is 2. The van der Waals surface area contributed by atoms with Gasteiger partial charge in [0.05, 0.1) is 16.5 Å². The van der Waals surface area contributed by atoms with Crippen molar-refractivity contribution in [3.05, 3.63) is 81.7 Å². The molecule has 4 rings (SSSR count). The third kappa shape index (κ3) is 7.34. The number of imide groups is 1. The van der Waals surface area contributed by atoms with Gasteiger partial charge in [-0.3, -0.25) is 24.1 Å². The summed E-state index contributed by atoms with van der Waals surface area (Å²) < 4.78 is 36.7. The lowest BCUT2D eigenvalue weighted by molar-refractivity contribution is -0.127. The van der Waals surface area contributed by atoms with Crippen molar-refractivity contribution in [3.63, 3.8) is 0 Å². The Balaban J connectivity index is 1.51. The van der Waals surface area contributed by atoms with E-state index in [1.54, 1.807) is 30.3 Å². The maximum absolute atomic E-state index is 12.9. The average Bonchev–Trinajstić information content (AvgIpc) is 3.17. The largest absolute Gasteiger partial charge is 0.493 e. The molecule has 1 aliphatic rings. The number of carbonyl (C=O) groups is 4. The highest BCUT2D eigenvalue weighted by molar-refractivity contribution is 9.10. The van der Waals surface area contributed by atoms with E-state index in [0.29, 0.717) is 28.7 Å². The molecule has 1 aliphatic heterocycles. The number of ether oxygens (including phenoxy) is 1. The molecule has 14 heteroatoms. The lowest BCUT2D eigenvalue weighted by Gasteiger charge is -2.14. The molecule has 212 valence electrons. The number of benzene rings is 3. The summed E-state index contributed by atoms with van der Waals surface area (Å²) in [4.78, 5) is 49.7. The van der Waals surface area contributed by atoms with Crippen LogP contribution in [0, 0.1) is 0 Å². The van der Waals surface area contributed by atoms with E-state index < -0.39 is 33.7 Å². The minimum Gasteiger partial charge on any atom is -0.493 e. The number of hydrogen-bond acceptors (Lipinski definition) is 9. The van der Waals surface area contributed by atoms with Crippen LogP contribution in [0.3, 0.4) is 0 Å². The number of amides is 4. The monoisotopic (exact) mass is 659 g/mol. The maximum atomic E-state index is 12.9. The minimum atomic E-state index is -4.29. The molecule has 1 saturated heterocycles. The number of hydrogen-bond donors (Lipinski definition) is 2. The van der Waals surface area contributed by atoms with Crippen LogP contribution < -0.4 is 19.6 Å². The van der Waals surface area contributed by atoms with Gasteiger partial charge in [0.1, 0.15) is 11.4 Å². The molecule has 41 heavy (non-hydrogen) atoms. The van der Waals surface area contributed by atoms with Gasteiger partial charge in [0, 0.05) is 18.3 Å². The van der Waals surface area contributed by atoms with Crippen LogP contribution in [0.1, 0.15) is 12.5 Å². The fourth-order valence-corrected chi connectivity index (χ4v) is 6.07. The van der Waals surface area contributed by atoms with Crippen molar-refractivity contribution in [1.82, 2.24) is 4.90 Å². The minimum absolute atomic E-state index is 0.0329. The first kappa shape index (κ1) is 29.8. The van der Waals surface area contributed by atoms with Crippen LogP contribution in [0.25, 0.3) is 6.08 Å². The molecule has 4 amide bonds. The molecular formula is C27H22BrN3O8S2. The lowest BCUT2D eigenvalue weighted by atomic mass is 10.2. The van der Waals surface area contributed by atoms with E-state index in [1.807, 2.05) is 0 Å². The topological polar surface area (TPSA) is 148 Å². The third-order valence-corrected chi connectivity index (χ3v) is 8.17. The zero-order valence-corrected chi connectivity index (χ0v) is 24.8. The Hall–Kier alpha value is -4.14. The first-order chi connectivity index (χ1) is 19.5. The molecule has 0 aromatic heterocycles.